The topological polar surface area (TPSA) is 60.4 Å². The van der Waals surface area contributed by atoms with Gasteiger partial charge in [0.25, 0.3) is 0 Å². The van der Waals surface area contributed by atoms with Gasteiger partial charge in [-0.1, -0.05) is 13.3 Å². The molecule has 4 nitrogen and oxygen atoms in total. The summed E-state index contributed by atoms with van der Waals surface area (Å²) in [7, 11) is 0. The average Bonchev–Trinajstić information content (AvgIpc) is 2.13. The van der Waals surface area contributed by atoms with Crippen LogP contribution in [0.2, 0.25) is 0 Å². The summed E-state index contributed by atoms with van der Waals surface area (Å²) in [5.74, 6) is -2.72. The summed E-state index contributed by atoms with van der Waals surface area (Å²) in [5, 5.41) is 0. The first-order valence-electron chi connectivity index (χ1n) is 4.75. The van der Waals surface area contributed by atoms with Crippen molar-refractivity contribution in [2.75, 3.05) is 6.61 Å². The molecule has 0 aliphatic heterocycles. The number of carbonyl (C=O) groups excluding carboxylic acids is 3. The lowest BCUT2D eigenvalue weighted by atomic mass is 9.95. The summed E-state index contributed by atoms with van der Waals surface area (Å²) in [6.07, 6.45) is 1.10. The summed E-state index contributed by atoms with van der Waals surface area (Å²) < 4.78 is 4.54. The molecule has 0 aromatic rings. The minimum absolute atomic E-state index is 0.154. The van der Waals surface area contributed by atoms with Crippen molar-refractivity contribution < 1.29 is 19.1 Å². The third-order valence-electron chi connectivity index (χ3n) is 1.86. The Kier molecular flexibility index (Phi) is 5.76. The van der Waals surface area contributed by atoms with E-state index in [0.29, 0.717) is 12.8 Å². The molecule has 0 bridgehead atoms. The number of hydrogen-bond donors (Lipinski definition) is 0. The predicted octanol–water partition coefficient (Wildman–Crippen LogP) is 1.12. The second-order valence-electron chi connectivity index (χ2n) is 3.04. The Hall–Kier alpha value is -1.19. The van der Waals surface area contributed by atoms with Crippen LogP contribution < -0.4 is 0 Å². The smallest absolute Gasteiger partial charge is 0.375 e. The Morgan fingerprint density at radius 1 is 1.21 bits per heavy atom. The maximum atomic E-state index is 11.4. The maximum Gasteiger partial charge on any atom is 0.375 e. The second kappa shape index (κ2) is 6.29. The zero-order valence-corrected chi connectivity index (χ0v) is 8.83. The number of esters is 1. The Balaban J connectivity index is 4.43. The molecule has 0 aliphatic rings. The summed E-state index contributed by atoms with van der Waals surface area (Å²) in [6, 6.07) is 0. The first-order chi connectivity index (χ1) is 6.54. The van der Waals surface area contributed by atoms with Crippen LogP contribution in [0.1, 0.15) is 33.6 Å². The van der Waals surface area contributed by atoms with E-state index in [1.165, 1.54) is 6.92 Å². The van der Waals surface area contributed by atoms with Crippen molar-refractivity contribution in [2.24, 2.45) is 5.92 Å². The molecule has 0 amide bonds. The van der Waals surface area contributed by atoms with Gasteiger partial charge in [-0.25, -0.2) is 4.79 Å². The third kappa shape index (κ3) is 3.68. The maximum absolute atomic E-state index is 11.4. The highest BCUT2D eigenvalue weighted by molar-refractivity contribution is 6.38. The van der Waals surface area contributed by atoms with Gasteiger partial charge >= 0.3 is 5.97 Å². The Morgan fingerprint density at radius 2 is 1.79 bits per heavy atom. The van der Waals surface area contributed by atoms with Crippen LogP contribution in [0.15, 0.2) is 0 Å². The van der Waals surface area contributed by atoms with E-state index in [9.17, 15) is 14.4 Å². The lowest BCUT2D eigenvalue weighted by Crippen LogP contribution is -2.30. The summed E-state index contributed by atoms with van der Waals surface area (Å²) in [6.45, 7) is 4.95. The van der Waals surface area contributed by atoms with E-state index in [4.69, 9.17) is 0 Å². The number of ketones is 2. The van der Waals surface area contributed by atoms with Crippen molar-refractivity contribution in [2.45, 2.75) is 33.6 Å². The summed E-state index contributed by atoms with van der Waals surface area (Å²) in [5.41, 5.74) is 0. The largest absolute Gasteiger partial charge is 0.460 e. The summed E-state index contributed by atoms with van der Waals surface area (Å²) >= 11 is 0. The quantitative estimate of drug-likeness (QED) is 0.366. The second-order valence-corrected chi connectivity index (χ2v) is 3.04. The van der Waals surface area contributed by atoms with Crippen molar-refractivity contribution >= 4 is 17.5 Å². The molecular weight excluding hydrogens is 184 g/mol. The molecule has 0 aliphatic carbocycles. The van der Waals surface area contributed by atoms with E-state index in [-0.39, 0.29) is 12.4 Å². The standard InChI is InChI=1S/C10H16O4/c1-4-6-8(7(3)11)9(12)10(13)14-5-2/h8H,4-6H2,1-3H3. The van der Waals surface area contributed by atoms with Crippen LogP contribution in [0.5, 0.6) is 0 Å². The van der Waals surface area contributed by atoms with E-state index in [2.05, 4.69) is 4.74 Å². The van der Waals surface area contributed by atoms with Gasteiger partial charge in [0, 0.05) is 0 Å². The Labute approximate surface area is 83.6 Å². The minimum atomic E-state index is -0.902. The monoisotopic (exact) mass is 200 g/mol. The molecule has 0 aromatic heterocycles. The highest BCUT2D eigenvalue weighted by Gasteiger charge is 2.29. The molecule has 80 valence electrons. The number of ether oxygens (including phenoxy) is 1. The predicted molar refractivity (Wildman–Crippen MR) is 50.7 cm³/mol. The first kappa shape index (κ1) is 12.8. The minimum Gasteiger partial charge on any atom is -0.460 e. The molecule has 0 saturated heterocycles. The van der Waals surface area contributed by atoms with Crippen LogP contribution in [-0.2, 0) is 19.1 Å². The van der Waals surface area contributed by atoms with Crippen molar-refractivity contribution in [1.29, 1.82) is 0 Å². The highest BCUT2D eigenvalue weighted by Crippen LogP contribution is 2.10. The van der Waals surface area contributed by atoms with Gasteiger partial charge < -0.3 is 4.74 Å². The van der Waals surface area contributed by atoms with Crippen LogP contribution in [0.25, 0.3) is 0 Å². The molecule has 0 fully saturated rings. The molecule has 0 radical (unpaired) electrons. The number of hydrogen-bond acceptors (Lipinski definition) is 4. The first-order valence-corrected chi connectivity index (χ1v) is 4.75. The fourth-order valence-electron chi connectivity index (χ4n) is 1.15. The molecule has 0 saturated carbocycles. The van der Waals surface area contributed by atoms with Gasteiger partial charge in [-0.3, -0.25) is 9.59 Å². The number of Topliss-reactive ketones (excluding diaryl/α,β-unsaturated/α-hetero) is 2. The molecule has 0 spiro atoms. The third-order valence-corrected chi connectivity index (χ3v) is 1.86. The van der Waals surface area contributed by atoms with Crippen LogP contribution in [0, 0.1) is 5.92 Å². The molecule has 0 rings (SSSR count). The molecule has 0 heterocycles. The van der Waals surface area contributed by atoms with E-state index in [1.54, 1.807) is 6.92 Å². The van der Waals surface area contributed by atoms with Crippen LogP contribution in [-0.4, -0.2) is 24.1 Å². The molecule has 1 atom stereocenters. The lowest BCUT2D eigenvalue weighted by molar-refractivity contribution is -0.156. The van der Waals surface area contributed by atoms with E-state index in [0.717, 1.165) is 0 Å². The normalized spacial score (nSPS) is 11.9. The Bertz CT molecular complexity index is 232. The molecule has 1 unspecified atom stereocenters. The van der Waals surface area contributed by atoms with E-state index >= 15 is 0 Å². The molecule has 0 N–H and O–H groups in total. The molecule has 0 aromatic carbocycles. The number of rotatable bonds is 6. The van der Waals surface area contributed by atoms with Gasteiger partial charge in [0.15, 0.2) is 0 Å². The fourth-order valence-corrected chi connectivity index (χ4v) is 1.15. The van der Waals surface area contributed by atoms with Crippen molar-refractivity contribution in [3.05, 3.63) is 0 Å². The average molecular weight is 200 g/mol. The molecule has 14 heavy (non-hydrogen) atoms. The van der Waals surface area contributed by atoms with E-state index < -0.39 is 17.7 Å². The van der Waals surface area contributed by atoms with Crippen LogP contribution in [0.3, 0.4) is 0 Å². The SMILES string of the molecule is CCCC(C(C)=O)C(=O)C(=O)OCC. The van der Waals surface area contributed by atoms with Gasteiger partial charge in [-0.05, 0) is 20.3 Å². The zero-order chi connectivity index (χ0) is 11.1. The van der Waals surface area contributed by atoms with Crippen molar-refractivity contribution in [1.82, 2.24) is 0 Å². The van der Waals surface area contributed by atoms with Gasteiger partial charge in [-0.15, -0.1) is 0 Å². The van der Waals surface area contributed by atoms with Gasteiger partial charge in [-0.2, -0.15) is 0 Å². The van der Waals surface area contributed by atoms with Crippen molar-refractivity contribution in [3.63, 3.8) is 0 Å². The van der Waals surface area contributed by atoms with Gasteiger partial charge in [0.2, 0.25) is 5.78 Å². The van der Waals surface area contributed by atoms with Crippen LogP contribution in [0.4, 0.5) is 0 Å². The van der Waals surface area contributed by atoms with Gasteiger partial charge in [0.05, 0.1) is 12.5 Å². The lowest BCUT2D eigenvalue weighted by Gasteiger charge is -2.09. The van der Waals surface area contributed by atoms with Crippen molar-refractivity contribution in [3.8, 4) is 0 Å². The number of carbonyl (C=O) groups is 3. The summed E-state index contributed by atoms with van der Waals surface area (Å²) in [4.78, 5) is 33.5. The van der Waals surface area contributed by atoms with Crippen LogP contribution >= 0.6 is 0 Å². The van der Waals surface area contributed by atoms with E-state index in [1.807, 2.05) is 6.92 Å². The Morgan fingerprint density at radius 3 is 2.14 bits per heavy atom. The fraction of sp³-hybridized carbons (Fsp3) is 0.700. The molecular formula is C10H16O4. The zero-order valence-electron chi connectivity index (χ0n) is 8.83. The molecule has 4 heteroatoms. The highest BCUT2D eigenvalue weighted by atomic mass is 16.5. The van der Waals surface area contributed by atoms with Gasteiger partial charge in [0.1, 0.15) is 5.78 Å².